The number of hydrogen-bond donors (Lipinski definition) is 0. The molecule has 0 aliphatic rings. The van der Waals surface area contributed by atoms with Gasteiger partial charge < -0.3 is 9.64 Å². The second-order valence-electron chi connectivity index (χ2n) is 5.74. The Bertz CT molecular complexity index is 407. The van der Waals surface area contributed by atoms with Crippen molar-refractivity contribution in [3.63, 3.8) is 0 Å². The summed E-state index contributed by atoms with van der Waals surface area (Å²) in [5.74, 6) is -0.284. The molecule has 1 aromatic carbocycles. The molecule has 18 heavy (non-hydrogen) atoms. The summed E-state index contributed by atoms with van der Waals surface area (Å²) < 4.78 is 4.81. The van der Waals surface area contributed by atoms with Crippen LogP contribution < -0.4 is 4.90 Å². The number of esters is 1. The van der Waals surface area contributed by atoms with E-state index in [9.17, 15) is 4.79 Å². The van der Waals surface area contributed by atoms with Gasteiger partial charge in [0.05, 0.1) is 18.4 Å². The summed E-state index contributed by atoms with van der Waals surface area (Å²) in [5, 5.41) is 0. The Morgan fingerprint density at radius 1 is 1.28 bits per heavy atom. The van der Waals surface area contributed by atoms with Crippen molar-refractivity contribution in [2.24, 2.45) is 5.41 Å². The molecule has 0 N–H and O–H groups in total. The predicted octanol–water partition coefficient (Wildman–Crippen LogP) is 3.35. The number of para-hydroxylation sites is 1. The van der Waals surface area contributed by atoms with Crippen molar-refractivity contribution in [2.45, 2.75) is 27.2 Å². The molecule has 1 rings (SSSR count). The minimum atomic E-state index is -0.284. The molecule has 3 heteroatoms. The van der Waals surface area contributed by atoms with Gasteiger partial charge in [0, 0.05) is 13.6 Å². The number of anilines is 1. The van der Waals surface area contributed by atoms with Crippen LogP contribution in [-0.2, 0) is 4.74 Å². The first kappa shape index (κ1) is 14.6. The second-order valence-corrected chi connectivity index (χ2v) is 5.74. The zero-order chi connectivity index (χ0) is 13.8. The van der Waals surface area contributed by atoms with E-state index in [2.05, 4.69) is 25.7 Å². The van der Waals surface area contributed by atoms with E-state index in [1.807, 2.05) is 25.2 Å². The molecule has 0 radical (unpaired) electrons. The van der Waals surface area contributed by atoms with Gasteiger partial charge in [-0.3, -0.25) is 0 Å². The van der Waals surface area contributed by atoms with Crippen molar-refractivity contribution >= 4 is 11.7 Å². The fraction of sp³-hybridized carbons (Fsp3) is 0.533. The molecular weight excluding hydrogens is 226 g/mol. The first-order chi connectivity index (χ1) is 8.35. The van der Waals surface area contributed by atoms with Gasteiger partial charge in [-0.15, -0.1) is 0 Å². The predicted molar refractivity (Wildman–Crippen MR) is 75.1 cm³/mol. The van der Waals surface area contributed by atoms with Crippen LogP contribution in [0.4, 0.5) is 5.69 Å². The van der Waals surface area contributed by atoms with E-state index in [1.54, 1.807) is 6.07 Å². The van der Waals surface area contributed by atoms with Gasteiger partial charge in [-0.2, -0.15) is 0 Å². The third-order valence-electron chi connectivity index (χ3n) is 2.92. The largest absolute Gasteiger partial charge is 0.465 e. The molecule has 0 fully saturated rings. The molecule has 0 saturated heterocycles. The van der Waals surface area contributed by atoms with Crippen LogP contribution in [-0.4, -0.2) is 26.7 Å². The minimum Gasteiger partial charge on any atom is -0.465 e. The van der Waals surface area contributed by atoms with Crippen LogP contribution in [0, 0.1) is 5.41 Å². The van der Waals surface area contributed by atoms with Crippen molar-refractivity contribution in [2.75, 3.05) is 25.6 Å². The summed E-state index contributed by atoms with van der Waals surface area (Å²) in [4.78, 5) is 13.8. The van der Waals surface area contributed by atoms with Crippen LogP contribution in [0.3, 0.4) is 0 Å². The van der Waals surface area contributed by atoms with Gasteiger partial charge in [0.1, 0.15) is 0 Å². The summed E-state index contributed by atoms with van der Waals surface area (Å²) in [6.07, 6.45) is 1.07. The molecule has 0 aliphatic heterocycles. The quantitative estimate of drug-likeness (QED) is 0.766. The van der Waals surface area contributed by atoms with Gasteiger partial charge in [0.2, 0.25) is 0 Å². The molecule has 0 spiro atoms. The lowest BCUT2D eigenvalue weighted by Crippen LogP contribution is -2.24. The Labute approximate surface area is 110 Å². The first-order valence-electron chi connectivity index (χ1n) is 6.23. The highest BCUT2D eigenvalue weighted by Crippen LogP contribution is 2.24. The molecule has 0 aromatic heterocycles. The summed E-state index contributed by atoms with van der Waals surface area (Å²) in [6, 6.07) is 7.55. The van der Waals surface area contributed by atoms with E-state index >= 15 is 0 Å². The van der Waals surface area contributed by atoms with Gasteiger partial charge in [-0.1, -0.05) is 32.9 Å². The lowest BCUT2D eigenvalue weighted by molar-refractivity contribution is 0.0601. The van der Waals surface area contributed by atoms with Crippen molar-refractivity contribution in [3.8, 4) is 0 Å². The van der Waals surface area contributed by atoms with Gasteiger partial charge in [-0.05, 0) is 24.0 Å². The van der Waals surface area contributed by atoms with E-state index in [-0.39, 0.29) is 11.4 Å². The van der Waals surface area contributed by atoms with E-state index in [0.29, 0.717) is 5.56 Å². The lowest BCUT2D eigenvalue weighted by Gasteiger charge is -2.26. The van der Waals surface area contributed by atoms with Crippen LogP contribution in [0.5, 0.6) is 0 Å². The van der Waals surface area contributed by atoms with Gasteiger partial charge in [0.25, 0.3) is 0 Å². The highest BCUT2D eigenvalue weighted by molar-refractivity contribution is 5.95. The highest BCUT2D eigenvalue weighted by atomic mass is 16.5. The van der Waals surface area contributed by atoms with Crippen molar-refractivity contribution in [1.82, 2.24) is 0 Å². The van der Waals surface area contributed by atoms with Crippen molar-refractivity contribution in [3.05, 3.63) is 29.8 Å². The zero-order valence-corrected chi connectivity index (χ0v) is 12.0. The standard InChI is InChI=1S/C15H23NO2/c1-15(2,3)10-11-16(4)13-9-7-6-8-12(13)14(17)18-5/h6-9H,10-11H2,1-5H3. The first-order valence-corrected chi connectivity index (χ1v) is 6.23. The monoisotopic (exact) mass is 249 g/mol. The number of nitrogens with zero attached hydrogens (tertiary/aromatic N) is 1. The summed E-state index contributed by atoms with van der Waals surface area (Å²) in [5.41, 5.74) is 1.83. The molecular formula is C15H23NO2. The highest BCUT2D eigenvalue weighted by Gasteiger charge is 2.16. The SMILES string of the molecule is COC(=O)c1ccccc1N(C)CCC(C)(C)C. The van der Waals surface area contributed by atoms with Gasteiger partial charge >= 0.3 is 5.97 Å². The molecule has 3 nitrogen and oxygen atoms in total. The fourth-order valence-electron chi connectivity index (χ4n) is 1.71. The molecule has 0 amide bonds. The molecule has 0 heterocycles. The molecule has 0 bridgehead atoms. The Morgan fingerprint density at radius 2 is 1.89 bits per heavy atom. The van der Waals surface area contributed by atoms with E-state index in [4.69, 9.17) is 4.74 Å². The van der Waals surface area contributed by atoms with Crippen molar-refractivity contribution < 1.29 is 9.53 Å². The molecule has 0 saturated carbocycles. The van der Waals surface area contributed by atoms with Crippen LogP contribution in [0.15, 0.2) is 24.3 Å². The van der Waals surface area contributed by atoms with E-state index in [1.165, 1.54) is 7.11 Å². The fourth-order valence-corrected chi connectivity index (χ4v) is 1.71. The minimum absolute atomic E-state index is 0.284. The molecule has 0 atom stereocenters. The number of carbonyl (C=O) groups excluding carboxylic acids is 1. The molecule has 0 unspecified atom stereocenters. The van der Waals surface area contributed by atoms with E-state index < -0.39 is 0 Å². The number of rotatable bonds is 4. The normalized spacial score (nSPS) is 11.2. The van der Waals surface area contributed by atoms with Gasteiger partial charge in [-0.25, -0.2) is 4.79 Å². The number of methoxy groups -OCH3 is 1. The Morgan fingerprint density at radius 3 is 2.44 bits per heavy atom. The Kier molecular flexibility index (Phi) is 4.76. The maximum atomic E-state index is 11.7. The average Bonchev–Trinajstić information content (AvgIpc) is 2.34. The molecule has 1 aromatic rings. The number of carbonyl (C=O) groups is 1. The topological polar surface area (TPSA) is 29.5 Å². The molecule has 100 valence electrons. The molecule has 0 aliphatic carbocycles. The number of hydrogen-bond acceptors (Lipinski definition) is 3. The summed E-state index contributed by atoms with van der Waals surface area (Å²) in [6.45, 7) is 7.56. The summed E-state index contributed by atoms with van der Waals surface area (Å²) in [7, 11) is 3.42. The number of ether oxygens (including phenoxy) is 1. The lowest BCUT2D eigenvalue weighted by atomic mass is 9.92. The average molecular weight is 249 g/mol. The maximum absolute atomic E-state index is 11.7. The second kappa shape index (κ2) is 5.89. The third-order valence-corrected chi connectivity index (χ3v) is 2.92. The smallest absolute Gasteiger partial charge is 0.339 e. The van der Waals surface area contributed by atoms with Crippen molar-refractivity contribution in [1.29, 1.82) is 0 Å². The van der Waals surface area contributed by atoms with Crippen LogP contribution in [0.1, 0.15) is 37.6 Å². The summed E-state index contributed by atoms with van der Waals surface area (Å²) >= 11 is 0. The van der Waals surface area contributed by atoms with Crippen LogP contribution >= 0.6 is 0 Å². The zero-order valence-electron chi connectivity index (χ0n) is 12.0. The van der Waals surface area contributed by atoms with Crippen LogP contribution in [0.25, 0.3) is 0 Å². The van der Waals surface area contributed by atoms with Gasteiger partial charge in [0.15, 0.2) is 0 Å². The Hall–Kier alpha value is -1.51. The van der Waals surface area contributed by atoms with E-state index in [0.717, 1.165) is 18.7 Å². The third kappa shape index (κ3) is 4.06. The van der Waals surface area contributed by atoms with Crippen LogP contribution in [0.2, 0.25) is 0 Å². The number of benzene rings is 1. The Balaban J connectivity index is 2.85. The maximum Gasteiger partial charge on any atom is 0.339 e.